The number of methoxy groups -OCH3 is 1. The fourth-order valence-corrected chi connectivity index (χ4v) is 3.02. The smallest absolute Gasteiger partial charge is 0.341 e. The zero-order valence-corrected chi connectivity index (χ0v) is 14.2. The van der Waals surface area contributed by atoms with Gasteiger partial charge in [0, 0.05) is 5.69 Å². The predicted octanol–water partition coefficient (Wildman–Crippen LogP) is 1.47. The molecule has 0 saturated heterocycles. The van der Waals surface area contributed by atoms with E-state index in [-0.39, 0.29) is 0 Å². The van der Waals surface area contributed by atoms with Crippen LogP contribution in [0.2, 0.25) is 0 Å². The van der Waals surface area contributed by atoms with Gasteiger partial charge in [0.05, 0.1) is 24.8 Å². The maximum absolute atomic E-state index is 11.6. The quantitative estimate of drug-likeness (QED) is 0.419. The van der Waals surface area contributed by atoms with Crippen molar-refractivity contribution in [1.82, 2.24) is 24.7 Å². The number of carbonyl (C=O) groups is 1. The Kier molecular flexibility index (Phi) is 4.30. The van der Waals surface area contributed by atoms with Gasteiger partial charge >= 0.3 is 5.97 Å². The molecular weight excluding hydrogens is 332 g/mol. The van der Waals surface area contributed by atoms with E-state index in [9.17, 15) is 4.79 Å². The van der Waals surface area contributed by atoms with Crippen molar-refractivity contribution in [2.45, 2.75) is 24.8 Å². The third-order valence-electron chi connectivity index (χ3n) is 3.33. The molecule has 126 valence electrons. The van der Waals surface area contributed by atoms with Crippen LogP contribution in [0.3, 0.4) is 0 Å². The number of thioether (sulfide) groups is 1. The van der Waals surface area contributed by atoms with E-state index in [1.807, 2.05) is 19.9 Å². The fourth-order valence-electron chi connectivity index (χ4n) is 2.22. The van der Waals surface area contributed by atoms with E-state index in [1.54, 1.807) is 10.7 Å². The summed E-state index contributed by atoms with van der Waals surface area (Å²) in [4.78, 5) is 11.6. The number of aryl methyl sites for hydroxylation is 2. The summed E-state index contributed by atoms with van der Waals surface area (Å²) in [5.74, 6) is 6.88. The van der Waals surface area contributed by atoms with E-state index in [1.165, 1.54) is 29.8 Å². The van der Waals surface area contributed by atoms with Gasteiger partial charge in [0.15, 0.2) is 0 Å². The highest BCUT2D eigenvalue weighted by molar-refractivity contribution is 7.98. The molecule has 24 heavy (non-hydrogen) atoms. The molecule has 3 heterocycles. The lowest BCUT2D eigenvalue weighted by molar-refractivity contribution is 0.0598. The number of nitrogen functional groups attached to an aromatic ring is 1. The fraction of sp³-hybridized carbons (Fsp3) is 0.286. The number of furan rings is 1. The van der Waals surface area contributed by atoms with Crippen molar-refractivity contribution < 1.29 is 13.9 Å². The van der Waals surface area contributed by atoms with Crippen molar-refractivity contribution in [3.8, 4) is 5.95 Å². The molecule has 0 spiro atoms. The molecule has 9 nitrogen and oxygen atoms in total. The van der Waals surface area contributed by atoms with E-state index in [2.05, 4.69) is 15.3 Å². The maximum atomic E-state index is 11.6. The molecule has 3 aromatic rings. The van der Waals surface area contributed by atoms with E-state index >= 15 is 0 Å². The monoisotopic (exact) mass is 348 g/mol. The standard InChI is InChI=1S/C14H16N6O3S/c1-8-6-9(2)20(18-8)13-16-17-14(19(13)15)24-7-11-10(4-5-23-11)12(21)22-3/h4-6H,7,15H2,1-3H3. The molecule has 0 bridgehead atoms. The number of aromatic nitrogens is 5. The van der Waals surface area contributed by atoms with Gasteiger partial charge in [-0.2, -0.15) is 5.10 Å². The first-order valence-corrected chi connectivity index (χ1v) is 8.01. The first-order valence-electron chi connectivity index (χ1n) is 7.03. The minimum Gasteiger partial charge on any atom is -0.468 e. The molecule has 0 atom stereocenters. The SMILES string of the molecule is COC(=O)c1ccoc1CSc1nnc(-n2nc(C)cc2C)n1N. The van der Waals surface area contributed by atoms with Crippen molar-refractivity contribution in [3.63, 3.8) is 0 Å². The Hall–Kier alpha value is -2.75. The molecule has 3 aromatic heterocycles. The van der Waals surface area contributed by atoms with Crippen LogP contribution in [0.15, 0.2) is 28.0 Å². The molecule has 0 fully saturated rings. The molecule has 0 unspecified atom stereocenters. The van der Waals surface area contributed by atoms with Crippen LogP contribution in [0, 0.1) is 13.8 Å². The van der Waals surface area contributed by atoms with Crippen molar-refractivity contribution in [2.75, 3.05) is 13.0 Å². The topological polar surface area (TPSA) is 114 Å². The van der Waals surface area contributed by atoms with Crippen LogP contribution in [-0.4, -0.2) is 37.7 Å². The average Bonchev–Trinajstić information content (AvgIpc) is 3.24. The molecule has 10 heteroatoms. The summed E-state index contributed by atoms with van der Waals surface area (Å²) >= 11 is 1.30. The van der Waals surface area contributed by atoms with Crippen LogP contribution < -0.4 is 5.84 Å². The summed E-state index contributed by atoms with van der Waals surface area (Å²) < 4.78 is 13.0. The summed E-state index contributed by atoms with van der Waals surface area (Å²) in [5, 5.41) is 13.0. The van der Waals surface area contributed by atoms with Crippen LogP contribution >= 0.6 is 11.8 Å². The second-order valence-corrected chi connectivity index (χ2v) is 5.97. The molecule has 0 amide bonds. The third-order valence-corrected chi connectivity index (χ3v) is 4.27. The summed E-state index contributed by atoms with van der Waals surface area (Å²) in [5.41, 5.74) is 2.15. The third kappa shape index (κ3) is 2.87. The Morgan fingerprint density at radius 1 is 1.42 bits per heavy atom. The number of esters is 1. The molecular formula is C14H16N6O3S. The summed E-state index contributed by atoms with van der Waals surface area (Å²) in [7, 11) is 1.32. The first-order chi connectivity index (χ1) is 11.5. The van der Waals surface area contributed by atoms with Crippen molar-refractivity contribution in [1.29, 1.82) is 0 Å². The summed E-state index contributed by atoms with van der Waals surface area (Å²) in [6.45, 7) is 3.80. The van der Waals surface area contributed by atoms with Gasteiger partial charge in [-0.25, -0.2) is 14.2 Å². The largest absolute Gasteiger partial charge is 0.468 e. The minimum atomic E-state index is -0.447. The molecule has 0 aliphatic heterocycles. The van der Waals surface area contributed by atoms with Crippen molar-refractivity contribution >= 4 is 17.7 Å². The highest BCUT2D eigenvalue weighted by Crippen LogP contribution is 2.24. The van der Waals surface area contributed by atoms with Crippen LogP contribution in [0.5, 0.6) is 0 Å². The Morgan fingerprint density at radius 3 is 2.88 bits per heavy atom. The number of hydrogen-bond donors (Lipinski definition) is 1. The van der Waals surface area contributed by atoms with Crippen LogP contribution in [0.4, 0.5) is 0 Å². The molecule has 0 radical (unpaired) electrons. The van der Waals surface area contributed by atoms with Gasteiger partial charge in [-0.3, -0.25) is 0 Å². The number of nitrogens with two attached hydrogens (primary N) is 1. The normalized spacial score (nSPS) is 11.0. The number of rotatable bonds is 5. The van der Waals surface area contributed by atoms with Gasteiger partial charge in [0.25, 0.3) is 5.95 Å². The van der Waals surface area contributed by atoms with Crippen LogP contribution in [-0.2, 0) is 10.5 Å². The van der Waals surface area contributed by atoms with E-state index < -0.39 is 5.97 Å². The highest BCUT2D eigenvalue weighted by atomic mass is 32.2. The number of carbonyl (C=O) groups excluding carboxylic acids is 1. The molecule has 0 saturated carbocycles. The second-order valence-electron chi connectivity index (χ2n) is 5.03. The Balaban J connectivity index is 1.79. The summed E-state index contributed by atoms with van der Waals surface area (Å²) in [6, 6.07) is 3.49. The van der Waals surface area contributed by atoms with Gasteiger partial charge < -0.3 is 15.0 Å². The lowest BCUT2D eigenvalue weighted by atomic mass is 10.3. The Labute approximate surface area is 141 Å². The molecule has 3 rings (SSSR count). The number of nitrogens with zero attached hydrogens (tertiary/aromatic N) is 5. The minimum absolute atomic E-state index is 0.365. The number of ether oxygens (including phenoxy) is 1. The molecule has 0 aliphatic rings. The Morgan fingerprint density at radius 2 is 2.21 bits per heavy atom. The molecule has 2 N–H and O–H groups in total. The van der Waals surface area contributed by atoms with Crippen molar-refractivity contribution in [2.24, 2.45) is 0 Å². The van der Waals surface area contributed by atoms with E-state index in [0.717, 1.165) is 11.4 Å². The van der Waals surface area contributed by atoms with E-state index in [4.69, 9.17) is 15.0 Å². The lowest BCUT2D eigenvalue weighted by Gasteiger charge is -2.04. The van der Waals surface area contributed by atoms with Gasteiger partial charge in [0.2, 0.25) is 5.16 Å². The van der Waals surface area contributed by atoms with Crippen LogP contribution in [0.25, 0.3) is 5.95 Å². The average molecular weight is 348 g/mol. The molecule has 0 aromatic carbocycles. The van der Waals surface area contributed by atoms with Gasteiger partial charge in [0.1, 0.15) is 11.3 Å². The number of hydrogen-bond acceptors (Lipinski definition) is 8. The van der Waals surface area contributed by atoms with Gasteiger partial charge in [-0.1, -0.05) is 11.8 Å². The van der Waals surface area contributed by atoms with Gasteiger partial charge in [-0.05, 0) is 26.0 Å². The Bertz CT molecular complexity index is 881. The highest BCUT2D eigenvalue weighted by Gasteiger charge is 2.18. The zero-order chi connectivity index (χ0) is 17.3. The van der Waals surface area contributed by atoms with Gasteiger partial charge in [-0.15, -0.1) is 10.2 Å². The summed E-state index contributed by atoms with van der Waals surface area (Å²) in [6.07, 6.45) is 1.44. The maximum Gasteiger partial charge on any atom is 0.341 e. The predicted molar refractivity (Wildman–Crippen MR) is 86.4 cm³/mol. The molecule has 0 aliphatic carbocycles. The first kappa shape index (κ1) is 16.1. The van der Waals surface area contributed by atoms with E-state index in [0.29, 0.717) is 28.2 Å². The van der Waals surface area contributed by atoms with Crippen LogP contribution in [0.1, 0.15) is 27.5 Å². The zero-order valence-electron chi connectivity index (χ0n) is 13.4. The lowest BCUT2D eigenvalue weighted by Crippen LogP contribution is -2.17. The van der Waals surface area contributed by atoms with Crippen molar-refractivity contribution in [3.05, 3.63) is 41.1 Å². The second kappa shape index (κ2) is 6.40.